The number of rotatable bonds is 7. The summed E-state index contributed by atoms with van der Waals surface area (Å²) in [7, 11) is 2.08. The molecule has 2 saturated heterocycles. The van der Waals surface area contributed by atoms with E-state index in [4.69, 9.17) is 26.3 Å². The molecule has 10 heteroatoms. The molecule has 0 N–H and O–H groups in total. The normalized spacial score (nSPS) is 20.4. The van der Waals surface area contributed by atoms with Crippen LogP contribution in [0, 0.1) is 17.1 Å². The number of hydrogen-bond acceptors (Lipinski definition) is 6. The number of nitriles is 1. The van der Waals surface area contributed by atoms with Crippen LogP contribution in [0.5, 0.6) is 5.88 Å². The molecular weight excluding hydrogens is 603 g/mol. The molecule has 2 unspecified atom stereocenters. The zero-order valence-electron chi connectivity index (χ0n) is 25.6. The average molecular weight is 637 g/mol. The van der Waals surface area contributed by atoms with E-state index >= 15 is 4.39 Å². The first-order chi connectivity index (χ1) is 22.4. The lowest BCUT2D eigenvalue weighted by atomic mass is 9.94. The van der Waals surface area contributed by atoms with Gasteiger partial charge in [-0.25, -0.2) is 14.4 Å². The third kappa shape index (κ3) is 5.16. The highest BCUT2D eigenvalue weighted by Crippen LogP contribution is 2.43. The first-order valence-electron chi connectivity index (χ1n) is 15.7. The molecule has 5 aromatic rings. The van der Waals surface area contributed by atoms with Crippen LogP contribution in [0.4, 0.5) is 4.39 Å². The number of carbonyl (C=O) groups excluding carboxylic acids is 1. The molecule has 0 saturated carbocycles. The summed E-state index contributed by atoms with van der Waals surface area (Å²) in [4.78, 5) is 26.1. The number of aromatic nitrogens is 3. The Bertz CT molecular complexity index is 2030. The zero-order chi connectivity index (χ0) is 31.9. The van der Waals surface area contributed by atoms with E-state index in [2.05, 4.69) is 24.6 Å². The molecule has 3 atom stereocenters. The van der Waals surface area contributed by atoms with Crippen molar-refractivity contribution >= 4 is 50.2 Å². The van der Waals surface area contributed by atoms with Crippen molar-refractivity contribution < 1.29 is 13.9 Å². The molecule has 2 aliphatic heterocycles. The first-order valence-corrected chi connectivity index (χ1v) is 16.1. The van der Waals surface area contributed by atoms with Gasteiger partial charge in [0.2, 0.25) is 11.8 Å². The predicted octanol–water partition coefficient (Wildman–Crippen LogP) is 7.30. The van der Waals surface area contributed by atoms with Crippen LogP contribution in [0.3, 0.4) is 0 Å². The summed E-state index contributed by atoms with van der Waals surface area (Å²) >= 11 is 6.96. The molecule has 8 nitrogen and oxygen atoms in total. The molecule has 2 aliphatic rings. The van der Waals surface area contributed by atoms with Crippen molar-refractivity contribution in [2.45, 2.75) is 50.2 Å². The van der Waals surface area contributed by atoms with E-state index in [-0.39, 0.29) is 52.4 Å². The fourth-order valence-electron chi connectivity index (χ4n) is 7.26. The molecule has 4 heterocycles. The second kappa shape index (κ2) is 12.3. The first kappa shape index (κ1) is 30.2. The maximum absolute atomic E-state index is 16.9. The van der Waals surface area contributed by atoms with Gasteiger partial charge < -0.3 is 19.1 Å². The number of benzene rings is 3. The lowest BCUT2D eigenvalue weighted by Gasteiger charge is -2.38. The molecule has 46 heavy (non-hydrogen) atoms. The average Bonchev–Trinajstić information content (AvgIpc) is 3.70. The number of carbonyl (C=O) groups is 1. The Labute approximate surface area is 271 Å². The topological polar surface area (TPSA) is 87.3 Å². The van der Waals surface area contributed by atoms with Gasteiger partial charge in [0.05, 0.1) is 29.4 Å². The quantitative estimate of drug-likeness (QED) is 0.174. The highest BCUT2D eigenvalue weighted by Gasteiger charge is 2.33. The van der Waals surface area contributed by atoms with Gasteiger partial charge in [0, 0.05) is 35.6 Å². The van der Waals surface area contributed by atoms with Gasteiger partial charge in [-0.15, -0.1) is 0 Å². The Morgan fingerprint density at radius 2 is 1.98 bits per heavy atom. The lowest BCUT2D eigenvalue weighted by Crippen LogP contribution is -2.45. The second-order valence-corrected chi connectivity index (χ2v) is 12.7. The number of halogens is 2. The minimum atomic E-state index is -0.523. The molecule has 2 aromatic heterocycles. The number of ether oxygens (including phenoxy) is 1. The van der Waals surface area contributed by atoms with Gasteiger partial charge in [-0.2, -0.15) is 5.26 Å². The van der Waals surface area contributed by atoms with Crippen LogP contribution in [-0.4, -0.2) is 69.1 Å². The highest BCUT2D eigenvalue weighted by molar-refractivity contribution is 6.35. The second-order valence-electron chi connectivity index (χ2n) is 12.3. The number of pyridine rings is 1. The summed E-state index contributed by atoms with van der Waals surface area (Å²) in [5, 5.41) is 12.2. The molecule has 2 fully saturated rings. The molecule has 3 aromatic carbocycles. The van der Waals surface area contributed by atoms with Crippen molar-refractivity contribution in [1.29, 1.82) is 5.26 Å². The summed E-state index contributed by atoms with van der Waals surface area (Å²) in [6.07, 6.45) is 6.50. The van der Waals surface area contributed by atoms with Crippen LogP contribution in [0.1, 0.15) is 38.1 Å². The van der Waals surface area contributed by atoms with Crippen molar-refractivity contribution in [2.24, 2.45) is 0 Å². The molecule has 0 spiro atoms. The summed E-state index contributed by atoms with van der Waals surface area (Å²) in [6, 6.07) is 17.5. The molecule has 0 radical (unpaired) electrons. The van der Waals surface area contributed by atoms with E-state index in [1.54, 1.807) is 17.3 Å². The van der Waals surface area contributed by atoms with E-state index in [0.29, 0.717) is 48.0 Å². The van der Waals surface area contributed by atoms with Crippen molar-refractivity contribution in [1.82, 2.24) is 24.3 Å². The van der Waals surface area contributed by atoms with Gasteiger partial charge in [-0.1, -0.05) is 60.6 Å². The number of nitrogens with zero attached hydrogens (tertiary/aromatic N) is 6. The van der Waals surface area contributed by atoms with Crippen LogP contribution < -0.4 is 4.74 Å². The van der Waals surface area contributed by atoms with Gasteiger partial charge in [-0.05, 0) is 67.8 Å². The number of piperidine rings is 1. The van der Waals surface area contributed by atoms with Gasteiger partial charge >= 0.3 is 0 Å². The van der Waals surface area contributed by atoms with Crippen LogP contribution in [0.25, 0.3) is 43.8 Å². The van der Waals surface area contributed by atoms with Gasteiger partial charge in [-0.3, -0.25) is 4.79 Å². The number of likely N-dealkylation sites (N-methyl/N-ethyl adjacent to an activating group) is 1. The summed E-state index contributed by atoms with van der Waals surface area (Å²) < 4.78 is 25.3. The van der Waals surface area contributed by atoms with Gasteiger partial charge in [0.25, 0.3) is 0 Å². The molecule has 7 rings (SSSR count). The largest absolute Gasteiger partial charge is 0.474 e. The zero-order valence-corrected chi connectivity index (χ0v) is 26.4. The lowest BCUT2D eigenvalue weighted by molar-refractivity contribution is -0.130. The van der Waals surface area contributed by atoms with E-state index < -0.39 is 5.82 Å². The number of hydrogen-bond donors (Lipinski definition) is 0. The molecule has 0 bridgehead atoms. The van der Waals surface area contributed by atoms with Crippen molar-refractivity contribution in [3.8, 4) is 23.1 Å². The summed E-state index contributed by atoms with van der Waals surface area (Å²) in [5.74, 6) is -0.434. The summed E-state index contributed by atoms with van der Waals surface area (Å²) in [6.45, 7) is 5.51. The van der Waals surface area contributed by atoms with Crippen LogP contribution >= 0.6 is 11.6 Å². The Morgan fingerprint density at radius 1 is 1.15 bits per heavy atom. The smallest absolute Gasteiger partial charge is 0.246 e. The van der Waals surface area contributed by atoms with Crippen molar-refractivity contribution in [2.75, 3.05) is 26.7 Å². The number of likely N-dealkylation sites (tertiary alicyclic amines) is 2. The van der Waals surface area contributed by atoms with Crippen LogP contribution in [0.2, 0.25) is 5.02 Å². The minimum Gasteiger partial charge on any atom is -0.474 e. The molecule has 1 amide bonds. The maximum atomic E-state index is 16.9. The molecular formula is C36H34ClFN6O2. The number of fused-ring (bicyclic) bond motifs is 4. The Kier molecular flexibility index (Phi) is 8.09. The van der Waals surface area contributed by atoms with E-state index in [9.17, 15) is 10.1 Å². The fraction of sp³-hybridized carbons (Fsp3) is 0.333. The van der Waals surface area contributed by atoms with E-state index in [1.807, 2.05) is 47.0 Å². The van der Waals surface area contributed by atoms with Crippen LogP contribution in [-0.2, 0) is 4.79 Å². The summed E-state index contributed by atoms with van der Waals surface area (Å²) in [5.41, 5.74) is 2.34. The van der Waals surface area contributed by atoms with Gasteiger partial charge in [0.15, 0.2) is 11.3 Å². The molecule has 0 aliphatic carbocycles. The van der Waals surface area contributed by atoms with Crippen LogP contribution in [0.15, 0.2) is 67.5 Å². The minimum absolute atomic E-state index is 0.101. The maximum Gasteiger partial charge on any atom is 0.246 e. The van der Waals surface area contributed by atoms with Gasteiger partial charge in [0.1, 0.15) is 12.1 Å². The highest BCUT2D eigenvalue weighted by atomic mass is 35.5. The van der Waals surface area contributed by atoms with Crippen molar-refractivity contribution in [3.05, 3.63) is 78.4 Å². The SMILES string of the molecule is C=CC(=O)N1CCC(n2cnc3c(OC[C@@H]4CCCN4C)nc4c(F)c(-c5cccc6ccccc56)c(Cl)cc4c32)CC1CC#N. The number of amides is 1. The van der Waals surface area contributed by atoms with E-state index in [0.717, 1.165) is 30.2 Å². The molecule has 234 valence electrons. The Hall–Kier alpha value is -4.52. The fourth-order valence-corrected chi connectivity index (χ4v) is 7.55. The van der Waals surface area contributed by atoms with Crippen molar-refractivity contribution in [3.63, 3.8) is 0 Å². The number of imidazole rings is 1. The monoisotopic (exact) mass is 636 g/mol. The predicted molar refractivity (Wildman–Crippen MR) is 178 cm³/mol. The Balaban J connectivity index is 1.40. The Morgan fingerprint density at radius 3 is 2.76 bits per heavy atom. The third-order valence-corrected chi connectivity index (χ3v) is 9.96. The standard InChI is InChI=1S/C36H34ClFN6O2/c1-3-30(45)43-17-14-24(18-23(43)13-15-39)44-21-40-34-35(44)28-19-29(37)31(27-12-6-9-22-8-4-5-11-26(22)27)32(38)33(28)41-36(34)46-20-25-10-7-16-42(25)2/h3-6,8-9,11-12,19,21,23-25H,1,7,10,13-14,16-18,20H2,2H3/t23?,24?,25-/m0/s1. The third-order valence-electron chi connectivity index (χ3n) is 9.67. The van der Waals surface area contributed by atoms with E-state index in [1.165, 1.54) is 6.08 Å².